The van der Waals surface area contributed by atoms with Gasteiger partial charge in [-0.15, -0.1) is 0 Å². The van der Waals surface area contributed by atoms with E-state index < -0.39 is 0 Å². The van der Waals surface area contributed by atoms with Crippen LogP contribution in [0.1, 0.15) is 56.2 Å². The number of nitrogens with zero attached hydrogens (tertiary/aromatic N) is 1. The Labute approximate surface area is 122 Å². The lowest BCUT2D eigenvalue weighted by Crippen LogP contribution is -2.41. The summed E-state index contributed by atoms with van der Waals surface area (Å²) in [6, 6.07) is -0.0152. The van der Waals surface area contributed by atoms with E-state index in [2.05, 4.69) is 45.3 Å². The van der Waals surface area contributed by atoms with E-state index in [1.807, 2.05) is 13.8 Å². The number of H-pyrrole nitrogens is 1. The van der Waals surface area contributed by atoms with Gasteiger partial charge in [-0.2, -0.15) is 5.10 Å². The molecule has 0 fully saturated rings. The minimum atomic E-state index is -0.189. The minimum absolute atomic E-state index is 0.0152. The Hall–Kier alpha value is -0.880. The van der Waals surface area contributed by atoms with Gasteiger partial charge in [-0.25, -0.2) is 0 Å². The summed E-state index contributed by atoms with van der Waals surface area (Å²) in [5.41, 5.74) is 7.01. The summed E-state index contributed by atoms with van der Waals surface area (Å²) in [4.78, 5) is 12.2. The first-order valence-electron chi connectivity index (χ1n) is 6.61. The molecule has 1 heterocycles. The summed E-state index contributed by atoms with van der Waals surface area (Å²) in [6.45, 7) is 8.73. The predicted octanol–water partition coefficient (Wildman–Crippen LogP) is 2.40. The van der Waals surface area contributed by atoms with E-state index >= 15 is 0 Å². The van der Waals surface area contributed by atoms with E-state index in [1.54, 1.807) is 0 Å². The third-order valence-electron chi connectivity index (χ3n) is 2.90. The van der Waals surface area contributed by atoms with E-state index in [4.69, 9.17) is 5.73 Å². The number of nitrogens with one attached hydrogen (secondary N) is 2. The zero-order chi connectivity index (χ0) is 14.6. The van der Waals surface area contributed by atoms with E-state index in [-0.39, 0.29) is 17.9 Å². The topological polar surface area (TPSA) is 83.8 Å². The van der Waals surface area contributed by atoms with Gasteiger partial charge in [0.05, 0.1) is 10.2 Å². The quantitative estimate of drug-likeness (QED) is 0.748. The molecule has 0 aliphatic carbocycles. The maximum Gasteiger partial charge on any atom is 0.273 e. The second kappa shape index (κ2) is 7.05. The highest BCUT2D eigenvalue weighted by Gasteiger charge is 2.21. The maximum atomic E-state index is 12.2. The number of amides is 1. The van der Waals surface area contributed by atoms with Gasteiger partial charge in [-0.1, -0.05) is 27.7 Å². The van der Waals surface area contributed by atoms with Crippen LogP contribution in [-0.2, 0) is 0 Å². The van der Waals surface area contributed by atoms with Crippen LogP contribution >= 0.6 is 15.9 Å². The van der Waals surface area contributed by atoms with Crippen LogP contribution < -0.4 is 11.1 Å². The van der Waals surface area contributed by atoms with Crippen molar-refractivity contribution in [1.29, 1.82) is 0 Å². The summed E-state index contributed by atoms with van der Waals surface area (Å²) in [7, 11) is 0. The molecule has 1 aromatic rings. The molecule has 0 spiro atoms. The molecular weight excluding hydrogens is 308 g/mol. The fraction of sp³-hybridized carbons (Fsp3) is 0.692. The third kappa shape index (κ3) is 4.31. The summed E-state index contributed by atoms with van der Waals surface area (Å²) >= 11 is 3.43. The third-order valence-corrected chi connectivity index (χ3v) is 3.70. The maximum absolute atomic E-state index is 12.2. The monoisotopic (exact) mass is 330 g/mol. The molecule has 0 aromatic carbocycles. The van der Waals surface area contributed by atoms with E-state index in [0.29, 0.717) is 18.2 Å². The number of rotatable bonds is 6. The Bertz CT molecular complexity index is 428. The van der Waals surface area contributed by atoms with Gasteiger partial charge in [0.2, 0.25) is 0 Å². The van der Waals surface area contributed by atoms with Crippen molar-refractivity contribution in [1.82, 2.24) is 15.5 Å². The first-order valence-corrected chi connectivity index (χ1v) is 7.40. The zero-order valence-electron chi connectivity index (χ0n) is 12.0. The standard InChI is InChI=1S/C13H23BrN4O/c1-7(2)5-9(6-15)16-13(19)12-10(14)11(8(3)4)17-18-12/h7-9H,5-6,15H2,1-4H3,(H,16,19)(H,17,18). The molecule has 0 aliphatic rings. The SMILES string of the molecule is CC(C)CC(CN)NC(=O)c1n[nH]c(C(C)C)c1Br. The molecule has 4 N–H and O–H groups in total. The van der Waals surface area contributed by atoms with Crippen molar-refractivity contribution in [2.24, 2.45) is 11.7 Å². The van der Waals surface area contributed by atoms with Crippen molar-refractivity contribution >= 4 is 21.8 Å². The van der Waals surface area contributed by atoms with Gasteiger partial charge >= 0.3 is 0 Å². The minimum Gasteiger partial charge on any atom is -0.347 e. The Balaban J connectivity index is 2.77. The molecule has 0 bridgehead atoms. The molecule has 1 atom stereocenters. The van der Waals surface area contributed by atoms with Crippen LogP contribution in [0.3, 0.4) is 0 Å². The van der Waals surface area contributed by atoms with E-state index in [9.17, 15) is 4.79 Å². The molecule has 0 saturated heterocycles. The second-order valence-corrected chi connectivity index (χ2v) is 6.28. The molecule has 1 unspecified atom stereocenters. The van der Waals surface area contributed by atoms with Gasteiger partial charge in [0.1, 0.15) is 0 Å². The van der Waals surface area contributed by atoms with Crippen LogP contribution in [0.4, 0.5) is 0 Å². The lowest BCUT2D eigenvalue weighted by molar-refractivity contribution is 0.0928. The summed E-state index contributed by atoms with van der Waals surface area (Å²) in [6.07, 6.45) is 0.862. The van der Waals surface area contributed by atoms with Crippen molar-refractivity contribution in [2.75, 3.05) is 6.54 Å². The smallest absolute Gasteiger partial charge is 0.273 e. The first kappa shape index (κ1) is 16.2. The summed E-state index contributed by atoms with van der Waals surface area (Å²) in [5, 5.41) is 9.91. The number of aromatic amines is 1. The number of aromatic nitrogens is 2. The van der Waals surface area contributed by atoms with E-state index in [0.717, 1.165) is 16.6 Å². The van der Waals surface area contributed by atoms with Crippen LogP contribution in [0.2, 0.25) is 0 Å². The van der Waals surface area contributed by atoms with Crippen LogP contribution in [0.15, 0.2) is 4.47 Å². The van der Waals surface area contributed by atoms with Gasteiger partial charge in [0.25, 0.3) is 5.91 Å². The number of halogens is 1. The molecule has 0 radical (unpaired) electrons. The highest BCUT2D eigenvalue weighted by molar-refractivity contribution is 9.10. The molecule has 5 nitrogen and oxygen atoms in total. The highest BCUT2D eigenvalue weighted by atomic mass is 79.9. The Kier molecular flexibility index (Phi) is 6.00. The van der Waals surface area contributed by atoms with Gasteiger partial charge in [-0.05, 0) is 34.2 Å². The lowest BCUT2D eigenvalue weighted by Gasteiger charge is -2.18. The molecule has 6 heteroatoms. The van der Waals surface area contributed by atoms with Crippen molar-refractivity contribution < 1.29 is 4.79 Å². The van der Waals surface area contributed by atoms with Crippen molar-refractivity contribution in [3.63, 3.8) is 0 Å². The second-order valence-electron chi connectivity index (χ2n) is 5.49. The normalized spacial score (nSPS) is 13.1. The molecule has 1 rings (SSSR count). The number of hydrogen-bond donors (Lipinski definition) is 3. The highest BCUT2D eigenvalue weighted by Crippen LogP contribution is 2.25. The van der Waals surface area contributed by atoms with Gasteiger partial charge < -0.3 is 11.1 Å². The lowest BCUT2D eigenvalue weighted by atomic mass is 10.0. The Morgan fingerprint density at radius 2 is 2.05 bits per heavy atom. The van der Waals surface area contributed by atoms with Crippen LogP contribution in [0, 0.1) is 5.92 Å². The molecule has 1 aromatic heterocycles. The van der Waals surface area contributed by atoms with Crippen LogP contribution in [0.5, 0.6) is 0 Å². The van der Waals surface area contributed by atoms with Crippen molar-refractivity contribution in [2.45, 2.75) is 46.1 Å². The molecule has 108 valence electrons. The molecule has 0 saturated carbocycles. The summed E-state index contributed by atoms with van der Waals surface area (Å²) < 4.78 is 0.736. The fourth-order valence-corrected chi connectivity index (χ4v) is 2.73. The molecule has 0 aliphatic heterocycles. The molecular formula is C13H23BrN4O. The average molecular weight is 331 g/mol. The van der Waals surface area contributed by atoms with Gasteiger partial charge in [0, 0.05) is 12.6 Å². The van der Waals surface area contributed by atoms with Crippen molar-refractivity contribution in [3.8, 4) is 0 Å². The van der Waals surface area contributed by atoms with Crippen LogP contribution in [0.25, 0.3) is 0 Å². The fourth-order valence-electron chi connectivity index (χ4n) is 1.91. The molecule has 1 amide bonds. The first-order chi connectivity index (χ1) is 8.86. The number of hydrogen-bond acceptors (Lipinski definition) is 3. The Morgan fingerprint density at radius 1 is 1.42 bits per heavy atom. The van der Waals surface area contributed by atoms with Gasteiger partial charge in [0.15, 0.2) is 5.69 Å². The Morgan fingerprint density at radius 3 is 2.47 bits per heavy atom. The predicted molar refractivity (Wildman–Crippen MR) is 80.1 cm³/mol. The summed E-state index contributed by atoms with van der Waals surface area (Å²) in [5.74, 6) is 0.582. The van der Waals surface area contributed by atoms with Crippen molar-refractivity contribution in [3.05, 3.63) is 15.9 Å². The zero-order valence-corrected chi connectivity index (χ0v) is 13.5. The average Bonchev–Trinajstić information content (AvgIpc) is 2.69. The number of carbonyl (C=O) groups is 1. The van der Waals surface area contributed by atoms with Gasteiger partial charge in [-0.3, -0.25) is 9.89 Å². The molecule has 19 heavy (non-hydrogen) atoms. The number of carbonyl (C=O) groups excluding carboxylic acids is 1. The number of nitrogens with two attached hydrogens (primary N) is 1. The largest absolute Gasteiger partial charge is 0.347 e. The van der Waals surface area contributed by atoms with Crippen LogP contribution in [-0.4, -0.2) is 28.7 Å². The van der Waals surface area contributed by atoms with E-state index in [1.165, 1.54) is 0 Å².